The number of amides is 2. The molecule has 4 atom stereocenters. The number of carbonyl (C=O) groups is 2. The topological polar surface area (TPSA) is 93.8 Å². The number of sulfonamides is 1. The van der Waals surface area contributed by atoms with Crippen molar-refractivity contribution in [2.75, 3.05) is 23.9 Å². The monoisotopic (exact) mass is 668 g/mol. The van der Waals surface area contributed by atoms with Gasteiger partial charge in [0.05, 0.1) is 16.0 Å². The second-order valence-corrected chi connectivity index (χ2v) is 17.7. The van der Waals surface area contributed by atoms with Crippen LogP contribution in [-0.4, -0.2) is 71.0 Å². The Morgan fingerprint density at radius 2 is 1.58 bits per heavy atom. The van der Waals surface area contributed by atoms with Crippen LogP contribution in [0, 0.1) is 0 Å². The van der Waals surface area contributed by atoms with Gasteiger partial charge in [-0.25, -0.2) is 12.7 Å². The number of benzene rings is 3. The maximum atomic E-state index is 14.8. The largest absolute Gasteiger partial charge is 0.361 e. The molecule has 7 rings (SSSR count). The molecule has 0 aliphatic carbocycles. The summed E-state index contributed by atoms with van der Waals surface area (Å²) in [5.74, 6) is -0.489. The maximum absolute atomic E-state index is 14.8. The number of likely N-dealkylation sites (N-methyl/N-ethyl adjacent to an activating group) is 1. The Labute approximate surface area is 266 Å². The van der Waals surface area contributed by atoms with Crippen molar-refractivity contribution in [3.05, 3.63) is 96.2 Å². The van der Waals surface area contributed by atoms with Crippen LogP contribution in [0.5, 0.6) is 0 Å². The first-order chi connectivity index (χ1) is 20.7. The van der Waals surface area contributed by atoms with Crippen LogP contribution in [0.2, 0.25) is 0 Å². The Morgan fingerprint density at radius 1 is 0.884 bits per heavy atom. The third-order valence-electron chi connectivity index (χ3n) is 8.67. The Balaban J connectivity index is 1.60. The Morgan fingerprint density at radius 3 is 2.33 bits per heavy atom. The molecule has 0 bridgehead atoms. The van der Waals surface area contributed by atoms with Crippen molar-refractivity contribution >= 4 is 81.6 Å². The molecule has 0 radical (unpaired) electrons. The quantitative estimate of drug-likeness (QED) is 0.250. The molecule has 43 heavy (non-hydrogen) atoms. The number of H-pyrrole nitrogens is 1. The maximum Gasteiger partial charge on any atom is 0.266 e. The number of hydrogen-bond acceptors (Lipinski definition) is 8. The van der Waals surface area contributed by atoms with Gasteiger partial charge in [0.1, 0.15) is 6.17 Å². The molecular weight excluding hydrogens is 641 g/mol. The zero-order valence-electron chi connectivity index (χ0n) is 23.5. The summed E-state index contributed by atoms with van der Waals surface area (Å²) in [6, 6.07) is 23.7. The number of piperazine rings is 1. The van der Waals surface area contributed by atoms with Gasteiger partial charge >= 0.3 is 0 Å². The van der Waals surface area contributed by atoms with Gasteiger partial charge in [-0.05, 0) is 47.9 Å². The predicted octanol–water partition coefficient (Wildman–Crippen LogP) is 5.74. The molecule has 4 aromatic rings. The van der Waals surface area contributed by atoms with Gasteiger partial charge in [-0.3, -0.25) is 14.5 Å². The van der Waals surface area contributed by atoms with Gasteiger partial charge in [-0.15, -0.1) is 0 Å². The number of aromatic nitrogens is 1. The molecule has 4 heterocycles. The van der Waals surface area contributed by atoms with E-state index in [2.05, 4.69) is 4.98 Å². The van der Waals surface area contributed by atoms with E-state index >= 15 is 0 Å². The van der Waals surface area contributed by atoms with Crippen molar-refractivity contribution < 1.29 is 18.0 Å². The SMILES string of the molecule is CSS[C@H]1C(=O)N2[C@H]3N(S(=O)(=O)c4ccccc4)c4ccccc4[C@@]3(c3c[nH]c4ccccc34)C[C@]2(SSC)C(=O)N1C. The van der Waals surface area contributed by atoms with Crippen molar-refractivity contribution in [1.29, 1.82) is 0 Å². The summed E-state index contributed by atoms with van der Waals surface area (Å²) in [7, 11) is 2.93. The van der Waals surface area contributed by atoms with Crippen LogP contribution in [0.3, 0.4) is 0 Å². The first-order valence-corrected chi connectivity index (χ1v) is 20.1. The van der Waals surface area contributed by atoms with Gasteiger partial charge in [0.15, 0.2) is 10.2 Å². The Hall–Kier alpha value is -2.71. The number of rotatable bonds is 7. The molecule has 2 saturated heterocycles. The van der Waals surface area contributed by atoms with Crippen LogP contribution in [0.25, 0.3) is 10.9 Å². The van der Waals surface area contributed by atoms with Gasteiger partial charge in [0.2, 0.25) is 0 Å². The summed E-state index contributed by atoms with van der Waals surface area (Å²) in [4.78, 5) is 34.7. The number of para-hydroxylation sites is 2. The van der Waals surface area contributed by atoms with E-state index in [1.54, 1.807) is 42.3 Å². The molecule has 0 spiro atoms. The summed E-state index contributed by atoms with van der Waals surface area (Å²) in [6.45, 7) is 0. The average Bonchev–Trinajstić information content (AvgIpc) is 3.66. The third kappa shape index (κ3) is 3.84. The van der Waals surface area contributed by atoms with Crippen LogP contribution < -0.4 is 4.31 Å². The summed E-state index contributed by atoms with van der Waals surface area (Å²) < 4.78 is 31.0. The molecular formula is C30H28N4O4S5. The molecule has 1 N–H and O–H groups in total. The normalized spacial score (nSPS) is 26.6. The molecule has 2 fully saturated rings. The zero-order valence-corrected chi connectivity index (χ0v) is 27.5. The van der Waals surface area contributed by atoms with Crippen LogP contribution in [-0.2, 0) is 25.0 Å². The first kappa shape index (κ1) is 29.0. The van der Waals surface area contributed by atoms with Crippen molar-refractivity contribution in [3.8, 4) is 0 Å². The first-order valence-electron chi connectivity index (χ1n) is 13.5. The fraction of sp³-hybridized carbons (Fsp3) is 0.267. The molecule has 0 saturated carbocycles. The predicted molar refractivity (Wildman–Crippen MR) is 178 cm³/mol. The minimum absolute atomic E-state index is 0.123. The molecule has 222 valence electrons. The smallest absolute Gasteiger partial charge is 0.266 e. The number of fused-ring (bicyclic) bond motifs is 6. The third-order valence-corrected chi connectivity index (χ3v) is 14.8. The van der Waals surface area contributed by atoms with E-state index in [4.69, 9.17) is 0 Å². The van der Waals surface area contributed by atoms with Crippen LogP contribution in [0.15, 0.2) is 90.0 Å². The molecule has 8 nitrogen and oxygen atoms in total. The van der Waals surface area contributed by atoms with E-state index in [0.29, 0.717) is 5.69 Å². The van der Waals surface area contributed by atoms with Crippen molar-refractivity contribution in [1.82, 2.24) is 14.8 Å². The lowest BCUT2D eigenvalue weighted by atomic mass is 9.72. The lowest BCUT2D eigenvalue weighted by Crippen LogP contribution is -2.69. The molecule has 3 aromatic carbocycles. The molecule has 0 unspecified atom stereocenters. The van der Waals surface area contributed by atoms with Crippen molar-refractivity contribution in [2.24, 2.45) is 0 Å². The van der Waals surface area contributed by atoms with E-state index in [-0.39, 0.29) is 23.1 Å². The van der Waals surface area contributed by atoms with E-state index in [0.717, 1.165) is 22.0 Å². The summed E-state index contributed by atoms with van der Waals surface area (Å²) in [6.07, 6.45) is 4.87. The van der Waals surface area contributed by atoms with Crippen LogP contribution in [0.4, 0.5) is 5.69 Å². The highest BCUT2D eigenvalue weighted by Crippen LogP contribution is 2.67. The number of carbonyl (C=O) groups excluding carboxylic acids is 2. The summed E-state index contributed by atoms with van der Waals surface area (Å²) in [5, 5.41) is 0.121. The van der Waals surface area contributed by atoms with Crippen molar-refractivity contribution in [3.63, 3.8) is 0 Å². The number of nitrogens with one attached hydrogen (secondary N) is 1. The average molecular weight is 669 g/mol. The highest BCUT2D eigenvalue weighted by molar-refractivity contribution is 8.77. The second kappa shape index (κ2) is 10.4. The molecule has 3 aliphatic rings. The van der Waals surface area contributed by atoms with E-state index in [1.807, 2.05) is 67.2 Å². The second-order valence-electron chi connectivity index (χ2n) is 10.7. The molecule has 3 aliphatic heterocycles. The number of aromatic amines is 1. The van der Waals surface area contributed by atoms with E-state index in [1.165, 1.54) is 52.4 Å². The fourth-order valence-electron chi connectivity index (χ4n) is 7.06. The van der Waals surface area contributed by atoms with Gasteiger partial charge < -0.3 is 9.88 Å². The molecule has 1 aromatic heterocycles. The standard InChI is InChI=1S/C30H28N4O4S5/c1-32-26(41-39-2)25(35)33-27-29(18-30(33,28(32)36)42-40-3,22-17-31-23-15-9-7-13-20(22)23)21-14-8-10-16-24(21)34(27)43(37,38)19-11-5-4-6-12-19/h4-17,26-27,31H,18H2,1-3H3/t26-,27-,29+,30-/m0/s1. The van der Waals surface area contributed by atoms with Gasteiger partial charge in [0, 0.05) is 30.6 Å². The fourth-order valence-corrected chi connectivity index (χ4v) is 13.0. The highest BCUT2D eigenvalue weighted by atomic mass is 33.1. The number of nitrogens with zero attached hydrogens (tertiary/aromatic N) is 3. The van der Waals surface area contributed by atoms with Crippen LogP contribution in [0.1, 0.15) is 17.5 Å². The minimum atomic E-state index is -4.19. The number of anilines is 1. The van der Waals surface area contributed by atoms with Gasteiger partial charge in [0.25, 0.3) is 21.8 Å². The lowest BCUT2D eigenvalue weighted by molar-refractivity contribution is -0.157. The number of hydrogen-bond donors (Lipinski definition) is 1. The summed E-state index contributed by atoms with van der Waals surface area (Å²) >= 11 is 0. The van der Waals surface area contributed by atoms with Gasteiger partial charge in [-0.1, -0.05) is 97.8 Å². The molecule has 13 heteroatoms. The zero-order chi connectivity index (χ0) is 30.1. The minimum Gasteiger partial charge on any atom is -0.361 e. The van der Waals surface area contributed by atoms with Crippen LogP contribution >= 0.6 is 43.2 Å². The van der Waals surface area contributed by atoms with E-state index in [9.17, 15) is 18.0 Å². The molecule has 2 amide bonds. The highest BCUT2D eigenvalue weighted by Gasteiger charge is 2.75. The van der Waals surface area contributed by atoms with Gasteiger partial charge in [-0.2, -0.15) is 0 Å². The van der Waals surface area contributed by atoms with Crippen molar-refractivity contribution in [2.45, 2.75) is 33.1 Å². The lowest BCUT2D eigenvalue weighted by Gasteiger charge is -2.49. The van der Waals surface area contributed by atoms with E-state index < -0.39 is 31.8 Å². The Kier molecular flexibility index (Phi) is 7.05. The Bertz CT molecular complexity index is 1870. The summed E-state index contributed by atoms with van der Waals surface area (Å²) in [5.41, 5.74) is 1.99.